The van der Waals surface area contributed by atoms with Crippen molar-refractivity contribution < 1.29 is 32.2 Å². The molecule has 1 amide bonds. The van der Waals surface area contributed by atoms with Gasteiger partial charge in [-0.1, -0.05) is 20.3 Å². The van der Waals surface area contributed by atoms with E-state index in [0.29, 0.717) is 29.5 Å². The monoisotopic (exact) mass is 604 g/mol. The summed E-state index contributed by atoms with van der Waals surface area (Å²) in [6.45, 7) is 10.4. The molecule has 1 N–H and O–H groups in total. The van der Waals surface area contributed by atoms with E-state index in [1.807, 2.05) is 0 Å². The van der Waals surface area contributed by atoms with Gasteiger partial charge in [-0.3, -0.25) is 9.69 Å². The van der Waals surface area contributed by atoms with E-state index in [1.165, 1.54) is 30.4 Å². The van der Waals surface area contributed by atoms with Crippen LogP contribution in [0.15, 0.2) is 30.5 Å². The first-order valence-corrected chi connectivity index (χ1v) is 14.9. The van der Waals surface area contributed by atoms with Crippen molar-refractivity contribution in [3.8, 4) is 5.75 Å². The van der Waals surface area contributed by atoms with Crippen LogP contribution in [0, 0.1) is 0 Å². The second kappa shape index (κ2) is 11.7. The fraction of sp³-hybridized carbons (Fsp3) is 0.500. The first kappa shape index (κ1) is 30.1. The van der Waals surface area contributed by atoms with Crippen molar-refractivity contribution in [2.75, 3.05) is 32.8 Å². The molecule has 0 atom stereocenters. The molecule has 0 unspecified atom stereocenters. The Morgan fingerprint density at radius 1 is 1.12 bits per heavy atom. The molecule has 3 aromatic rings. The number of alkyl halides is 3. The number of fused-ring (bicyclic) bond motifs is 3. The summed E-state index contributed by atoms with van der Waals surface area (Å²) in [6.07, 6.45) is -0.103. The molecule has 1 aromatic carbocycles. The van der Waals surface area contributed by atoms with E-state index in [1.54, 1.807) is 52.0 Å². The van der Waals surface area contributed by atoms with Gasteiger partial charge in [-0.25, -0.2) is 4.79 Å². The SMILES string of the molecule is CC(C)OC(=O)C1=CN(C(=O)c2ccc(OCCN3CCCCC3)cc2)CC(C)(C)c2c1[nH]c1snc(C(F)(F)F)c21. The minimum atomic E-state index is -4.69. The molecule has 12 heteroatoms. The minimum absolute atomic E-state index is 0.0193. The van der Waals surface area contributed by atoms with Crippen LogP contribution in [0.3, 0.4) is 0 Å². The molecule has 2 aromatic heterocycles. The molecule has 0 aliphatic carbocycles. The molecule has 4 heterocycles. The van der Waals surface area contributed by atoms with Crippen molar-refractivity contribution in [1.29, 1.82) is 0 Å². The zero-order valence-corrected chi connectivity index (χ0v) is 25.0. The Bertz CT molecular complexity index is 1480. The maximum atomic E-state index is 14.0. The lowest BCUT2D eigenvalue weighted by atomic mass is 9.81. The molecule has 0 bridgehead atoms. The van der Waals surface area contributed by atoms with Crippen LogP contribution in [0.5, 0.6) is 5.75 Å². The maximum absolute atomic E-state index is 14.0. The quantitative estimate of drug-likeness (QED) is 0.322. The highest BCUT2D eigenvalue weighted by atomic mass is 32.1. The number of hydrogen-bond acceptors (Lipinski definition) is 7. The Balaban J connectivity index is 1.44. The second-order valence-electron chi connectivity index (χ2n) is 11.7. The summed E-state index contributed by atoms with van der Waals surface area (Å²) in [7, 11) is 0. The maximum Gasteiger partial charge on any atom is 0.435 e. The highest BCUT2D eigenvalue weighted by Crippen LogP contribution is 2.46. The average molecular weight is 605 g/mol. The standard InChI is InChI=1S/C30H35F3N4O4S/c1-18(2)41-28(39)21-16-37(17-29(3,4)23-22-25(30(31,32)33)35-42-26(22)34-24(21)23)27(38)19-8-10-20(11-9-19)40-15-14-36-12-6-5-7-13-36/h8-11,16,18,34H,5-7,12-15,17H2,1-4H3. The summed E-state index contributed by atoms with van der Waals surface area (Å²) < 4.78 is 56.9. The molecular formula is C30H35F3N4O4S. The number of carbonyl (C=O) groups excluding carboxylic acids is 2. The predicted molar refractivity (Wildman–Crippen MR) is 154 cm³/mol. The van der Waals surface area contributed by atoms with E-state index < -0.39 is 35.3 Å². The Labute approximate surface area is 246 Å². The van der Waals surface area contributed by atoms with Gasteiger partial charge < -0.3 is 19.4 Å². The molecule has 0 radical (unpaired) electrons. The van der Waals surface area contributed by atoms with Gasteiger partial charge in [0.25, 0.3) is 5.91 Å². The van der Waals surface area contributed by atoms with E-state index in [2.05, 4.69) is 14.3 Å². The summed E-state index contributed by atoms with van der Waals surface area (Å²) in [5.74, 6) is -0.508. The van der Waals surface area contributed by atoms with Gasteiger partial charge in [0.05, 0.1) is 17.4 Å². The number of amides is 1. The smallest absolute Gasteiger partial charge is 0.435 e. The Kier molecular flexibility index (Phi) is 8.39. The third-order valence-electron chi connectivity index (χ3n) is 7.55. The molecule has 2 aliphatic heterocycles. The van der Waals surface area contributed by atoms with Crippen molar-refractivity contribution in [2.45, 2.75) is 64.7 Å². The van der Waals surface area contributed by atoms with Gasteiger partial charge in [-0.05, 0) is 81.1 Å². The second-order valence-corrected chi connectivity index (χ2v) is 12.5. The third kappa shape index (κ3) is 6.19. The van der Waals surface area contributed by atoms with Gasteiger partial charge in [0, 0.05) is 35.7 Å². The van der Waals surface area contributed by atoms with Crippen LogP contribution in [0.1, 0.15) is 74.3 Å². The van der Waals surface area contributed by atoms with E-state index >= 15 is 0 Å². The number of benzene rings is 1. The molecule has 226 valence electrons. The third-order valence-corrected chi connectivity index (χ3v) is 8.31. The van der Waals surface area contributed by atoms with Crippen molar-refractivity contribution >= 4 is 39.2 Å². The van der Waals surface area contributed by atoms with E-state index in [9.17, 15) is 22.8 Å². The number of piperidine rings is 1. The van der Waals surface area contributed by atoms with Crippen LogP contribution in [0.2, 0.25) is 0 Å². The van der Waals surface area contributed by atoms with Crippen molar-refractivity contribution in [3.05, 3.63) is 53.0 Å². The van der Waals surface area contributed by atoms with Crippen LogP contribution >= 0.6 is 11.5 Å². The molecular weight excluding hydrogens is 569 g/mol. The van der Waals surface area contributed by atoms with Crippen LogP contribution in [0.25, 0.3) is 15.8 Å². The number of nitrogens with zero attached hydrogens (tertiary/aromatic N) is 3. The summed E-state index contributed by atoms with van der Waals surface area (Å²) in [6, 6.07) is 6.75. The number of ether oxygens (including phenoxy) is 2. The molecule has 8 nitrogen and oxygen atoms in total. The van der Waals surface area contributed by atoms with Crippen LogP contribution < -0.4 is 4.74 Å². The van der Waals surface area contributed by atoms with Gasteiger partial charge in [-0.15, -0.1) is 0 Å². The van der Waals surface area contributed by atoms with Crippen molar-refractivity contribution in [3.63, 3.8) is 0 Å². The number of carbonyl (C=O) groups is 2. The van der Waals surface area contributed by atoms with Gasteiger partial charge >= 0.3 is 12.1 Å². The molecule has 1 saturated heterocycles. The van der Waals surface area contributed by atoms with Crippen molar-refractivity contribution in [1.82, 2.24) is 19.2 Å². The first-order valence-electron chi connectivity index (χ1n) is 14.1. The normalized spacial score (nSPS) is 17.6. The number of H-pyrrole nitrogens is 1. The summed E-state index contributed by atoms with van der Waals surface area (Å²) >= 11 is 0.688. The number of nitrogens with one attached hydrogen (secondary N) is 1. The number of rotatable bonds is 7. The summed E-state index contributed by atoms with van der Waals surface area (Å²) in [5, 5.41) is -0.0869. The number of esters is 1. The molecule has 42 heavy (non-hydrogen) atoms. The molecule has 5 rings (SSSR count). The lowest BCUT2D eigenvalue weighted by Crippen LogP contribution is -2.37. The average Bonchev–Trinajstić information content (AvgIpc) is 3.47. The van der Waals surface area contributed by atoms with E-state index in [0.717, 1.165) is 19.6 Å². The lowest BCUT2D eigenvalue weighted by Gasteiger charge is -2.29. The van der Waals surface area contributed by atoms with Gasteiger partial charge in [0.2, 0.25) is 0 Å². The Morgan fingerprint density at radius 3 is 2.45 bits per heavy atom. The number of aromatic nitrogens is 2. The molecule has 0 saturated carbocycles. The van der Waals surface area contributed by atoms with E-state index in [-0.39, 0.29) is 33.6 Å². The summed E-state index contributed by atoms with van der Waals surface area (Å²) in [5.41, 5.74) is -1.19. The largest absolute Gasteiger partial charge is 0.492 e. The number of likely N-dealkylation sites (tertiary alicyclic amines) is 1. The number of halogens is 3. The van der Waals surface area contributed by atoms with Crippen LogP contribution in [-0.2, 0) is 21.1 Å². The van der Waals surface area contributed by atoms with Gasteiger partial charge in [0.15, 0.2) is 5.69 Å². The summed E-state index contributed by atoms with van der Waals surface area (Å²) in [4.78, 5) is 34.0. The Hall–Kier alpha value is -3.38. The molecule has 0 spiro atoms. The zero-order valence-electron chi connectivity index (χ0n) is 24.1. The highest BCUT2D eigenvalue weighted by molar-refractivity contribution is 7.13. The van der Waals surface area contributed by atoms with E-state index in [4.69, 9.17) is 9.47 Å². The number of hydrogen-bond donors (Lipinski definition) is 1. The highest BCUT2D eigenvalue weighted by Gasteiger charge is 2.44. The topological polar surface area (TPSA) is 87.8 Å². The zero-order chi connectivity index (χ0) is 30.2. The fourth-order valence-corrected chi connectivity index (χ4v) is 6.46. The molecule has 1 fully saturated rings. The lowest BCUT2D eigenvalue weighted by molar-refractivity contribution is -0.140. The van der Waals surface area contributed by atoms with Crippen LogP contribution in [-0.4, -0.2) is 69.9 Å². The first-order chi connectivity index (χ1) is 19.8. The minimum Gasteiger partial charge on any atom is -0.492 e. The van der Waals surface area contributed by atoms with Crippen LogP contribution in [0.4, 0.5) is 13.2 Å². The Morgan fingerprint density at radius 2 is 1.81 bits per heavy atom. The number of aromatic amines is 1. The predicted octanol–water partition coefficient (Wildman–Crippen LogP) is 6.23. The van der Waals surface area contributed by atoms with Crippen molar-refractivity contribution in [2.24, 2.45) is 0 Å². The van der Waals surface area contributed by atoms with Gasteiger partial charge in [-0.2, -0.15) is 17.5 Å². The fourth-order valence-electron chi connectivity index (χ4n) is 5.65. The van der Waals surface area contributed by atoms with Gasteiger partial charge in [0.1, 0.15) is 17.2 Å². The molecule has 2 aliphatic rings.